The van der Waals surface area contributed by atoms with Crippen molar-refractivity contribution in [2.75, 3.05) is 16.9 Å². The molecule has 0 aliphatic heterocycles. The van der Waals surface area contributed by atoms with Gasteiger partial charge >= 0.3 is 0 Å². The number of rotatable bonds is 8. The average molecular weight is 312 g/mol. The van der Waals surface area contributed by atoms with Crippen molar-refractivity contribution in [3.8, 4) is 0 Å². The Hall–Kier alpha value is -1.80. The highest BCUT2D eigenvalue weighted by Gasteiger charge is 2.17. The number of anilines is 1. The summed E-state index contributed by atoms with van der Waals surface area (Å²) < 4.78 is 0. The van der Waals surface area contributed by atoms with Crippen LogP contribution in [0.4, 0.5) is 11.4 Å². The molecular weight excluding hydrogens is 292 g/mol. The number of amides is 1. The van der Waals surface area contributed by atoms with Gasteiger partial charge in [-0.1, -0.05) is 6.92 Å². The highest BCUT2D eigenvalue weighted by Crippen LogP contribution is 2.21. The predicted molar refractivity (Wildman–Crippen MR) is 85.5 cm³/mol. The standard InChI is InChI=1S/C13H20N4O3S/c1-3-21-7-6-9(2)15-13(18)11-8-10(17(19)20)4-5-12(11)16-14/h4-5,8-9,16H,3,6-7,14H2,1-2H3,(H,15,18). The zero-order chi connectivity index (χ0) is 15.8. The van der Waals surface area contributed by atoms with Crippen molar-refractivity contribution in [2.45, 2.75) is 26.3 Å². The van der Waals surface area contributed by atoms with E-state index in [2.05, 4.69) is 17.7 Å². The number of thioether (sulfide) groups is 1. The lowest BCUT2D eigenvalue weighted by Gasteiger charge is -2.15. The van der Waals surface area contributed by atoms with E-state index in [1.165, 1.54) is 18.2 Å². The summed E-state index contributed by atoms with van der Waals surface area (Å²) in [7, 11) is 0. The monoisotopic (exact) mass is 312 g/mol. The van der Waals surface area contributed by atoms with Crippen LogP contribution in [0.3, 0.4) is 0 Å². The SMILES string of the molecule is CCSCCC(C)NC(=O)c1cc([N+](=O)[O-])ccc1NN. The van der Waals surface area contributed by atoms with Gasteiger partial charge in [0.25, 0.3) is 11.6 Å². The summed E-state index contributed by atoms with van der Waals surface area (Å²) in [6.07, 6.45) is 0.838. The number of carbonyl (C=O) groups is 1. The quantitative estimate of drug-likeness (QED) is 0.293. The third kappa shape index (κ3) is 5.24. The molecule has 0 saturated heterocycles. The molecule has 0 bridgehead atoms. The van der Waals surface area contributed by atoms with Gasteiger partial charge in [0.2, 0.25) is 0 Å². The maximum Gasteiger partial charge on any atom is 0.270 e. The fraction of sp³-hybridized carbons (Fsp3) is 0.462. The molecule has 1 aromatic carbocycles. The van der Waals surface area contributed by atoms with Gasteiger partial charge in [-0.3, -0.25) is 20.8 Å². The van der Waals surface area contributed by atoms with Crippen LogP contribution in [0.5, 0.6) is 0 Å². The minimum absolute atomic E-state index is 0.0126. The van der Waals surface area contributed by atoms with E-state index in [1.807, 2.05) is 6.92 Å². The number of benzene rings is 1. The van der Waals surface area contributed by atoms with Crippen molar-refractivity contribution in [1.82, 2.24) is 5.32 Å². The van der Waals surface area contributed by atoms with E-state index < -0.39 is 4.92 Å². The number of nitrogens with one attached hydrogen (secondary N) is 2. The number of carbonyl (C=O) groups excluding carboxylic acids is 1. The van der Waals surface area contributed by atoms with Crippen LogP contribution in [0.2, 0.25) is 0 Å². The van der Waals surface area contributed by atoms with Crippen LogP contribution in [-0.2, 0) is 0 Å². The molecule has 0 aliphatic rings. The number of non-ortho nitro benzene ring substituents is 1. The van der Waals surface area contributed by atoms with Gasteiger partial charge in [-0.25, -0.2) is 0 Å². The number of nitro benzene ring substituents is 1. The van der Waals surface area contributed by atoms with Gasteiger partial charge in [-0.05, 0) is 30.9 Å². The molecule has 7 nitrogen and oxygen atoms in total. The van der Waals surface area contributed by atoms with E-state index in [-0.39, 0.29) is 23.2 Å². The topological polar surface area (TPSA) is 110 Å². The van der Waals surface area contributed by atoms with Crippen molar-refractivity contribution in [1.29, 1.82) is 0 Å². The third-order valence-corrected chi connectivity index (χ3v) is 3.82. The Bertz CT molecular complexity index is 510. The maximum absolute atomic E-state index is 12.2. The van der Waals surface area contributed by atoms with Crippen LogP contribution < -0.4 is 16.6 Å². The van der Waals surface area contributed by atoms with Gasteiger partial charge in [0.1, 0.15) is 0 Å². The first-order valence-corrected chi connectivity index (χ1v) is 7.78. The first kappa shape index (κ1) is 17.3. The maximum atomic E-state index is 12.2. The number of nitrogens with zero attached hydrogens (tertiary/aromatic N) is 1. The third-order valence-electron chi connectivity index (χ3n) is 2.89. The summed E-state index contributed by atoms with van der Waals surface area (Å²) in [6.45, 7) is 3.98. The smallest absolute Gasteiger partial charge is 0.270 e. The summed E-state index contributed by atoms with van der Waals surface area (Å²) in [5.74, 6) is 6.95. The number of nitrogens with two attached hydrogens (primary N) is 1. The van der Waals surface area contributed by atoms with Crippen molar-refractivity contribution < 1.29 is 9.72 Å². The van der Waals surface area contributed by atoms with Crippen molar-refractivity contribution in [3.05, 3.63) is 33.9 Å². The van der Waals surface area contributed by atoms with Crippen LogP contribution >= 0.6 is 11.8 Å². The van der Waals surface area contributed by atoms with E-state index >= 15 is 0 Å². The molecule has 0 spiro atoms. The summed E-state index contributed by atoms with van der Waals surface area (Å²) in [6, 6.07) is 3.93. The number of hydrazine groups is 1. The normalized spacial score (nSPS) is 11.8. The predicted octanol–water partition coefficient (Wildman–Crippen LogP) is 2.14. The summed E-state index contributed by atoms with van der Waals surface area (Å²) in [5, 5.41) is 13.6. The largest absolute Gasteiger partial charge is 0.349 e. The van der Waals surface area contributed by atoms with Crippen LogP contribution in [0.25, 0.3) is 0 Å². The number of hydrogen-bond acceptors (Lipinski definition) is 6. The molecule has 0 aromatic heterocycles. The first-order valence-electron chi connectivity index (χ1n) is 6.63. The average Bonchev–Trinajstić information content (AvgIpc) is 2.46. The molecule has 1 unspecified atom stereocenters. The van der Waals surface area contributed by atoms with Crippen molar-refractivity contribution in [3.63, 3.8) is 0 Å². The number of hydrogen-bond donors (Lipinski definition) is 3. The van der Waals surface area contributed by atoms with Crippen LogP contribution in [-0.4, -0.2) is 28.4 Å². The molecule has 21 heavy (non-hydrogen) atoms. The van der Waals surface area contributed by atoms with Crippen LogP contribution in [0, 0.1) is 10.1 Å². The fourth-order valence-corrected chi connectivity index (χ4v) is 2.55. The lowest BCUT2D eigenvalue weighted by Crippen LogP contribution is -2.33. The highest BCUT2D eigenvalue weighted by molar-refractivity contribution is 7.99. The van der Waals surface area contributed by atoms with Crippen molar-refractivity contribution >= 4 is 29.0 Å². The fourth-order valence-electron chi connectivity index (χ4n) is 1.74. The minimum atomic E-state index is -0.543. The van der Waals surface area contributed by atoms with E-state index in [1.54, 1.807) is 11.8 Å². The molecule has 4 N–H and O–H groups in total. The number of nitro groups is 1. The molecule has 0 aliphatic carbocycles. The molecule has 0 fully saturated rings. The zero-order valence-corrected chi connectivity index (χ0v) is 12.9. The molecule has 0 saturated carbocycles. The Kier molecular flexibility index (Phi) is 6.97. The lowest BCUT2D eigenvalue weighted by molar-refractivity contribution is -0.384. The molecule has 1 atom stereocenters. The van der Waals surface area contributed by atoms with E-state index in [0.717, 1.165) is 17.9 Å². The van der Waals surface area contributed by atoms with Crippen LogP contribution in [0.1, 0.15) is 30.6 Å². The van der Waals surface area contributed by atoms with Gasteiger partial charge in [-0.2, -0.15) is 11.8 Å². The molecule has 8 heteroatoms. The zero-order valence-electron chi connectivity index (χ0n) is 12.1. The van der Waals surface area contributed by atoms with Gasteiger partial charge in [0, 0.05) is 18.2 Å². The van der Waals surface area contributed by atoms with E-state index in [0.29, 0.717) is 5.69 Å². The van der Waals surface area contributed by atoms with Crippen molar-refractivity contribution in [2.24, 2.45) is 5.84 Å². The second-order valence-electron chi connectivity index (χ2n) is 4.49. The summed E-state index contributed by atoms with van der Waals surface area (Å²) in [4.78, 5) is 22.5. The van der Waals surface area contributed by atoms with E-state index in [9.17, 15) is 14.9 Å². The highest BCUT2D eigenvalue weighted by atomic mass is 32.2. The van der Waals surface area contributed by atoms with Gasteiger partial charge < -0.3 is 10.7 Å². The molecule has 0 heterocycles. The molecule has 116 valence electrons. The Balaban J connectivity index is 2.80. The summed E-state index contributed by atoms with van der Waals surface area (Å²) in [5.41, 5.74) is 2.76. The Morgan fingerprint density at radius 2 is 2.24 bits per heavy atom. The first-order chi connectivity index (χ1) is 9.99. The molecular formula is C13H20N4O3S. The van der Waals surface area contributed by atoms with E-state index in [4.69, 9.17) is 5.84 Å². The Labute approximate surface area is 127 Å². The molecule has 0 radical (unpaired) electrons. The summed E-state index contributed by atoms with van der Waals surface area (Å²) >= 11 is 1.80. The second kappa shape index (κ2) is 8.48. The number of nitrogen functional groups attached to an aromatic ring is 1. The lowest BCUT2D eigenvalue weighted by atomic mass is 10.1. The Morgan fingerprint density at radius 1 is 1.52 bits per heavy atom. The Morgan fingerprint density at radius 3 is 2.81 bits per heavy atom. The van der Waals surface area contributed by atoms with Gasteiger partial charge in [-0.15, -0.1) is 0 Å². The van der Waals surface area contributed by atoms with Crippen LogP contribution in [0.15, 0.2) is 18.2 Å². The van der Waals surface area contributed by atoms with Gasteiger partial charge in [0.15, 0.2) is 0 Å². The minimum Gasteiger partial charge on any atom is -0.349 e. The molecule has 1 rings (SSSR count). The molecule has 1 aromatic rings. The molecule has 1 amide bonds. The second-order valence-corrected chi connectivity index (χ2v) is 5.89. The van der Waals surface area contributed by atoms with Gasteiger partial charge in [0.05, 0.1) is 16.2 Å².